The van der Waals surface area contributed by atoms with Crippen LogP contribution in [0, 0.1) is 6.92 Å². The quantitative estimate of drug-likeness (QED) is 0.342. The van der Waals surface area contributed by atoms with Gasteiger partial charge in [0.25, 0.3) is 0 Å². The molecular formula is C24H23ClN6O2. The van der Waals surface area contributed by atoms with Gasteiger partial charge in [-0.25, -0.2) is 14.8 Å². The second kappa shape index (κ2) is 8.91. The number of hydrogen-bond acceptors (Lipinski definition) is 5. The first-order chi connectivity index (χ1) is 15.8. The molecule has 0 aliphatic heterocycles. The lowest BCUT2D eigenvalue weighted by Gasteiger charge is -2.12. The number of aromatic nitrogens is 3. The number of nitrogens with one attached hydrogen (secondary N) is 2. The fourth-order valence-electron chi connectivity index (χ4n) is 3.63. The van der Waals surface area contributed by atoms with Crippen molar-refractivity contribution in [2.24, 2.45) is 0 Å². The van der Waals surface area contributed by atoms with Gasteiger partial charge in [0, 0.05) is 23.5 Å². The summed E-state index contributed by atoms with van der Waals surface area (Å²) in [6.45, 7) is 5.90. The molecule has 0 atom stereocenters. The van der Waals surface area contributed by atoms with Crippen molar-refractivity contribution in [3.8, 4) is 0 Å². The van der Waals surface area contributed by atoms with Crippen molar-refractivity contribution in [2.45, 2.75) is 26.8 Å². The van der Waals surface area contributed by atoms with Crippen molar-refractivity contribution in [1.29, 1.82) is 0 Å². The molecule has 9 heteroatoms. The Morgan fingerprint density at radius 3 is 2.55 bits per heavy atom. The molecule has 168 valence electrons. The summed E-state index contributed by atoms with van der Waals surface area (Å²) in [6.07, 6.45) is 3.08. The maximum Gasteiger partial charge on any atom is 0.323 e. The van der Waals surface area contributed by atoms with Gasteiger partial charge in [-0.2, -0.15) is 0 Å². The molecule has 2 aromatic carbocycles. The van der Waals surface area contributed by atoms with Gasteiger partial charge < -0.3 is 20.9 Å². The standard InChI is InChI=1S/C24H23ClN6O2/c1-13(2)31-11-17(19-22(26)27-12-28-23(19)31)21(32)16-8-5-9-18(20(16)25)30-24(33)29-15-7-4-6-14(3)10-15/h4-13H,1-3H3,(H2,26,27,28)(H2,29,30,33). The van der Waals surface area contributed by atoms with Crippen molar-refractivity contribution >= 4 is 51.6 Å². The van der Waals surface area contributed by atoms with Crippen LogP contribution in [0.15, 0.2) is 55.0 Å². The highest BCUT2D eigenvalue weighted by Crippen LogP contribution is 2.32. The van der Waals surface area contributed by atoms with E-state index in [4.69, 9.17) is 17.3 Å². The number of rotatable bonds is 5. The smallest absolute Gasteiger partial charge is 0.323 e. The van der Waals surface area contributed by atoms with E-state index in [0.29, 0.717) is 28.0 Å². The second-order valence-corrected chi connectivity index (χ2v) is 8.32. The van der Waals surface area contributed by atoms with Crippen LogP contribution in [-0.2, 0) is 0 Å². The monoisotopic (exact) mass is 462 g/mol. The van der Waals surface area contributed by atoms with Crippen molar-refractivity contribution in [3.05, 3.63) is 76.7 Å². The number of nitrogens with two attached hydrogens (primary N) is 1. The first-order valence-electron chi connectivity index (χ1n) is 10.3. The SMILES string of the molecule is Cc1cccc(NC(=O)Nc2cccc(C(=O)c3cn(C(C)C)c4ncnc(N)c34)c2Cl)c1. The molecule has 4 N–H and O–H groups in total. The van der Waals surface area contributed by atoms with Gasteiger partial charge in [-0.05, 0) is 50.6 Å². The van der Waals surface area contributed by atoms with Crippen molar-refractivity contribution in [1.82, 2.24) is 14.5 Å². The highest BCUT2D eigenvalue weighted by Gasteiger charge is 2.24. The molecule has 0 radical (unpaired) electrons. The first kappa shape index (κ1) is 22.3. The second-order valence-electron chi connectivity index (χ2n) is 7.95. The molecule has 0 fully saturated rings. The van der Waals surface area contributed by atoms with Gasteiger partial charge in [0.15, 0.2) is 5.78 Å². The number of ketones is 1. The fourth-order valence-corrected chi connectivity index (χ4v) is 3.89. The Kier molecular flexibility index (Phi) is 6.02. The van der Waals surface area contributed by atoms with Gasteiger partial charge in [-0.3, -0.25) is 4.79 Å². The van der Waals surface area contributed by atoms with Crippen molar-refractivity contribution in [2.75, 3.05) is 16.4 Å². The molecule has 2 heterocycles. The van der Waals surface area contributed by atoms with Crippen LogP contribution in [0.3, 0.4) is 0 Å². The van der Waals surface area contributed by atoms with E-state index in [0.717, 1.165) is 5.56 Å². The zero-order valence-corrected chi connectivity index (χ0v) is 19.1. The lowest BCUT2D eigenvalue weighted by molar-refractivity contribution is 0.104. The van der Waals surface area contributed by atoms with E-state index >= 15 is 0 Å². The van der Waals surface area contributed by atoms with Gasteiger partial charge in [0.1, 0.15) is 17.8 Å². The van der Waals surface area contributed by atoms with Gasteiger partial charge in [-0.1, -0.05) is 29.8 Å². The van der Waals surface area contributed by atoms with Crippen LogP contribution in [0.5, 0.6) is 0 Å². The van der Waals surface area contributed by atoms with Crippen LogP contribution in [0.25, 0.3) is 11.0 Å². The lowest BCUT2D eigenvalue weighted by atomic mass is 10.0. The topological polar surface area (TPSA) is 115 Å². The van der Waals surface area contributed by atoms with Crippen LogP contribution in [-0.4, -0.2) is 26.3 Å². The molecule has 0 spiro atoms. The Balaban J connectivity index is 1.67. The molecule has 8 nitrogen and oxygen atoms in total. The molecule has 0 aliphatic rings. The Labute approximate surface area is 195 Å². The maximum absolute atomic E-state index is 13.5. The Morgan fingerprint density at radius 2 is 1.82 bits per heavy atom. The summed E-state index contributed by atoms with van der Waals surface area (Å²) in [4.78, 5) is 34.3. The van der Waals surface area contributed by atoms with Gasteiger partial charge >= 0.3 is 6.03 Å². The Bertz CT molecular complexity index is 1380. The number of nitrogens with zero attached hydrogens (tertiary/aromatic N) is 3. The predicted molar refractivity (Wildman–Crippen MR) is 131 cm³/mol. The summed E-state index contributed by atoms with van der Waals surface area (Å²) in [5.41, 5.74) is 9.21. The minimum Gasteiger partial charge on any atom is -0.383 e. The van der Waals surface area contributed by atoms with Crippen molar-refractivity contribution in [3.63, 3.8) is 0 Å². The molecule has 2 aromatic heterocycles. The third-order valence-corrected chi connectivity index (χ3v) is 5.61. The van der Waals surface area contributed by atoms with Gasteiger partial charge in [-0.15, -0.1) is 0 Å². The molecule has 0 aliphatic carbocycles. The summed E-state index contributed by atoms with van der Waals surface area (Å²) in [5.74, 6) is -0.126. The van der Waals surface area contributed by atoms with E-state index in [2.05, 4.69) is 20.6 Å². The largest absolute Gasteiger partial charge is 0.383 e. The Hall–Kier alpha value is -3.91. The first-order valence-corrected chi connectivity index (χ1v) is 10.7. The number of aryl methyl sites for hydroxylation is 1. The van der Waals surface area contributed by atoms with Crippen molar-refractivity contribution < 1.29 is 9.59 Å². The summed E-state index contributed by atoms with van der Waals surface area (Å²) < 4.78 is 1.87. The molecule has 0 saturated heterocycles. The molecule has 2 amide bonds. The number of fused-ring (bicyclic) bond motifs is 1. The van der Waals surface area contributed by atoms with E-state index in [9.17, 15) is 9.59 Å². The third-order valence-electron chi connectivity index (χ3n) is 5.21. The van der Waals surface area contributed by atoms with Gasteiger partial charge in [0.05, 0.1) is 21.7 Å². The number of carbonyl (C=O) groups excluding carboxylic acids is 2. The fraction of sp³-hybridized carbons (Fsp3) is 0.167. The van der Waals surface area contributed by atoms with Crippen LogP contribution >= 0.6 is 11.6 Å². The van der Waals surface area contributed by atoms with E-state index in [1.54, 1.807) is 30.5 Å². The van der Waals surface area contributed by atoms with Crippen LogP contribution in [0.2, 0.25) is 5.02 Å². The van der Waals surface area contributed by atoms with E-state index in [1.807, 2.05) is 43.5 Å². The zero-order valence-electron chi connectivity index (χ0n) is 18.4. The van der Waals surface area contributed by atoms with E-state index in [-0.39, 0.29) is 28.2 Å². The third kappa shape index (κ3) is 4.38. The molecule has 4 aromatic rings. The number of hydrogen-bond donors (Lipinski definition) is 3. The van der Waals surface area contributed by atoms with Crippen LogP contribution in [0.1, 0.15) is 41.4 Å². The molecule has 0 saturated carbocycles. The van der Waals surface area contributed by atoms with E-state index < -0.39 is 6.03 Å². The summed E-state index contributed by atoms with van der Waals surface area (Å²) in [5, 5.41) is 6.07. The molecule has 4 rings (SSSR count). The average molecular weight is 463 g/mol. The molecular weight excluding hydrogens is 440 g/mol. The van der Waals surface area contributed by atoms with Crippen LogP contribution < -0.4 is 16.4 Å². The summed E-state index contributed by atoms with van der Waals surface area (Å²) in [6, 6.07) is 11.9. The maximum atomic E-state index is 13.5. The molecule has 0 bridgehead atoms. The number of urea groups is 1. The number of benzene rings is 2. The number of nitrogen functional groups attached to an aromatic ring is 1. The van der Waals surface area contributed by atoms with E-state index in [1.165, 1.54) is 6.33 Å². The lowest BCUT2D eigenvalue weighted by Crippen LogP contribution is -2.20. The number of halogens is 1. The normalized spacial score (nSPS) is 11.1. The highest BCUT2D eigenvalue weighted by molar-refractivity contribution is 6.38. The average Bonchev–Trinajstić information content (AvgIpc) is 3.16. The molecule has 33 heavy (non-hydrogen) atoms. The zero-order chi connectivity index (χ0) is 23.7. The minimum atomic E-state index is -0.471. The summed E-state index contributed by atoms with van der Waals surface area (Å²) >= 11 is 6.55. The van der Waals surface area contributed by atoms with Gasteiger partial charge in [0.2, 0.25) is 0 Å². The Morgan fingerprint density at radius 1 is 1.06 bits per heavy atom. The number of anilines is 3. The number of amides is 2. The number of carbonyl (C=O) groups is 2. The van der Waals surface area contributed by atoms with Crippen LogP contribution in [0.4, 0.5) is 22.0 Å². The molecule has 0 unspecified atom stereocenters. The highest BCUT2D eigenvalue weighted by atomic mass is 35.5. The minimum absolute atomic E-state index is 0.0529. The summed E-state index contributed by atoms with van der Waals surface area (Å²) in [7, 11) is 0. The predicted octanol–water partition coefficient (Wildman–Crippen LogP) is 5.43.